The van der Waals surface area contributed by atoms with Gasteiger partial charge in [0.1, 0.15) is 6.10 Å². The molecule has 1 aromatic carbocycles. The van der Waals surface area contributed by atoms with E-state index in [1.54, 1.807) is 0 Å². The van der Waals surface area contributed by atoms with Crippen molar-refractivity contribution in [2.24, 2.45) is 0 Å². The fraction of sp³-hybridized carbons (Fsp3) is 0.647. The van der Waals surface area contributed by atoms with Crippen LogP contribution in [0.3, 0.4) is 0 Å². The molecule has 24 heavy (non-hydrogen) atoms. The van der Waals surface area contributed by atoms with E-state index in [1.807, 2.05) is 32.0 Å². The first kappa shape index (κ1) is 17.8. The first-order valence-corrected chi connectivity index (χ1v) is 10.0. The highest BCUT2D eigenvalue weighted by Gasteiger charge is 2.47. The maximum atomic E-state index is 11.6. The van der Waals surface area contributed by atoms with Crippen molar-refractivity contribution in [1.82, 2.24) is 4.90 Å². The zero-order chi connectivity index (χ0) is 17.4. The molecule has 2 aliphatic rings. The van der Waals surface area contributed by atoms with E-state index in [9.17, 15) is 8.42 Å². The van der Waals surface area contributed by atoms with Crippen molar-refractivity contribution >= 4 is 10.1 Å². The van der Waals surface area contributed by atoms with Gasteiger partial charge >= 0.3 is 0 Å². The standard InChI is InChI=1S/C17H25NO5S/c1-17(2)21-12-15(22-17)16-14(23-24(3,19)20)9-10-18(16)11-13-7-5-4-6-8-13/h4-8,14-16H,9-12H2,1-3H3/t14-,15+,16+/m0/s1. The summed E-state index contributed by atoms with van der Waals surface area (Å²) in [7, 11) is -3.52. The van der Waals surface area contributed by atoms with E-state index in [0.717, 1.165) is 19.3 Å². The van der Waals surface area contributed by atoms with Gasteiger partial charge in [-0.1, -0.05) is 30.3 Å². The molecule has 0 aliphatic carbocycles. The SMILES string of the molecule is CC1(C)OC[C@H]([C@H]2[C@@H](OS(C)(=O)=O)CCN2Cc2ccccc2)O1. The zero-order valence-corrected chi connectivity index (χ0v) is 15.2. The monoisotopic (exact) mass is 355 g/mol. The maximum Gasteiger partial charge on any atom is 0.264 e. The van der Waals surface area contributed by atoms with Crippen LogP contribution in [0.4, 0.5) is 0 Å². The summed E-state index contributed by atoms with van der Waals surface area (Å²) in [5.74, 6) is -0.651. The predicted molar refractivity (Wildman–Crippen MR) is 89.9 cm³/mol. The van der Waals surface area contributed by atoms with Crippen LogP contribution in [0.25, 0.3) is 0 Å². The Bertz CT molecular complexity index is 661. The summed E-state index contributed by atoms with van der Waals surface area (Å²) < 4.78 is 40.3. The average Bonchev–Trinajstić information content (AvgIpc) is 3.01. The molecule has 2 saturated heterocycles. The lowest BCUT2D eigenvalue weighted by molar-refractivity contribution is -0.148. The number of nitrogens with zero attached hydrogens (tertiary/aromatic N) is 1. The van der Waals surface area contributed by atoms with Gasteiger partial charge in [-0.25, -0.2) is 0 Å². The van der Waals surface area contributed by atoms with Crippen molar-refractivity contribution in [1.29, 1.82) is 0 Å². The Balaban J connectivity index is 1.79. The third-order valence-corrected chi connectivity index (χ3v) is 5.04. The molecule has 0 aromatic heterocycles. The normalized spacial score (nSPS) is 30.7. The van der Waals surface area contributed by atoms with Crippen LogP contribution in [-0.2, 0) is 30.3 Å². The molecule has 6 nitrogen and oxygen atoms in total. The number of likely N-dealkylation sites (tertiary alicyclic amines) is 1. The second kappa shape index (κ2) is 6.72. The molecule has 7 heteroatoms. The van der Waals surface area contributed by atoms with Gasteiger partial charge in [0, 0.05) is 13.1 Å². The lowest BCUT2D eigenvalue weighted by Gasteiger charge is -2.32. The second-order valence-corrected chi connectivity index (χ2v) is 8.54. The van der Waals surface area contributed by atoms with E-state index in [-0.39, 0.29) is 12.1 Å². The van der Waals surface area contributed by atoms with Crippen LogP contribution in [0.5, 0.6) is 0 Å². The van der Waals surface area contributed by atoms with Crippen molar-refractivity contribution in [3.63, 3.8) is 0 Å². The molecule has 2 aliphatic heterocycles. The lowest BCUT2D eigenvalue weighted by atomic mass is 10.1. The summed E-state index contributed by atoms with van der Waals surface area (Å²) >= 11 is 0. The van der Waals surface area contributed by atoms with E-state index < -0.39 is 22.0 Å². The molecule has 0 amide bonds. The molecule has 2 fully saturated rings. The Labute approximate surface area is 143 Å². The predicted octanol–water partition coefficient (Wildman–Crippen LogP) is 1.76. The number of hydrogen-bond acceptors (Lipinski definition) is 6. The van der Waals surface area contributed by atoms with Gasteiger partial charge in [-0.3, -0.25) is 9.08 Å². The van der Waals surface area contributed by atoms with Crippen LogP contribution < -0.4 is 0 Å². The summed E-state index contributed by atoms with van der Waals surface area (Å²) in [5, 5.41) is 0. The average molecular weight is 355 g/mol. The summed E-state index contributed by atoms with van der Waals surface area (Å²) in [6.07, 6.45) is 1.13. The highest BCUT2D eigenvalue weighted by atomic mass is 32.2. The first-order valence-electron chi connectivity index (χ1n) is 8.21. The van der Waals surface area contributed by atoms with Crippen molar-refractivity contribution in [2.45, 2.75) is 50.8 Å². The molecule has 0 spiro atoms. The zero-order valence-electron chi connectivity index (χ0n) is 14.3. The minimum absolute atomic E-state index is 0.151. The van der Waals surface area contributed by atoms with Crippen molar-refractivity contribution in [2.75, 3.05) is 19.4 Å². The summed E-state index contributed by atoms with van der Waals surface area (Å²) in [4.78, 5) is 2.24. The van der Waals surface area contributed by atoms with Crippen LogP contribution in [0.15, 0.2) is 30.3 Å². The summed E-state index contributed by atoms with van der Waals surface area (Å²) in [5.41, 5.74) is 1.18. The van der Waals surface area contributed by atoms with Crippen molar-refractivity contribution in [3.05, 3.63) is 35.9 Å². The van der Waals surface area contributed by atoms with Gasteiger partial charge in [0.05, 0.1) is 25.0 Å². The summed E-state index contributed by atoms with van der Waals surface area (Å²) in [6.45, 7) is 5.67. The molecular weight excluding hydrogens is 330 g/mol. The highest BCUT2D eigenvalue weighted by molar-refractivity contribution is 7.86. The van der Waals surface area contributed by atoms with E-state index >= 15 is 0 Å². The molecule has 0 saturated carbocycles. The van der Waals surface area contributed by atoms with E-state index in [4.69, 9.17) is 13.7 Å². The number of benzene rings is 1. The van der Waals surface area contributed by atoms with Crippen LogP contribution in [0, 0.1) is 0 Å². The van der Waals surface area contributed by atoms with E-state index in [1.165, 1.54) is 5.56 Å². The minimum Gasteiger partial charge on any atom is -0.348 e. The lowest BCUT2D eigenvalue weighted by Crippen LogP contribution is -2.47. The van der Waals surface area contributed by atoms with E-state index in [0.29, 0.717) is 13.0 Å². The van der Waals surface area contributed by atoms with Crippen molar-refractivity contribution < 1.29 is 22.1 Å². The molecule has 0 bridgehead atoms. The van der Waals surface area contributed by atoms with Gasteiger partial charge in [-0.15, -0.1) is 0 Å². The Morgan fingerprint density at radius 1 is 1.29 bits per heavy atom. The van der Waals surface area contributed by atoms with Crippen LogP contribution in [-0.4, -0.2) is 56.8 Å². The van der Waals surface area contributed by atoms with Crippen LogP contribution in [0.2, 0.25) is 0 Å². The van der Waals surface area contributed by atoms with Crippen molar-refractivity contribution in [3.8, 4) is 0 Å². The van der Waals surface area contributed by atoms with Crippen LogP contribution in [0.1, 0.15) is 25.8 Å². The van der Waals surface area contributed by atoms with Gasteiger partial charge in [0.2, 0.25) is 0 Å². The molecule has 3 rings (SSSR count). The Morgan fingerprint density at radius 3 is 2.58 bits per heavy atom. The first-order chi connectivity index (χ1) is 11.2. The van der Waals surface area contributed by atoms with Gasteiger partial charge in [0.25, 0.3) is 10.1 Å². The molecule has 1 aromatic rings. The van der Waals surface area contributed by atoms with Gasteiger partial charge in [-0.05, 0) is 25.8 Å². The Morgan fingerprint density at radius 2 is 2.00 bits per heavy atom. The smallest absolute Gasteiger partial charge is 0.264 e. The fourth-order valence-electron chi connectivity index (χ4n) is 3.54. The second-order valence-electron chi connectivity index (χ2n) is 6.94. The van der Waals surface area contributed by atoms with Crippen LogP contribution >= 0.6 is 0 Å². The molecule has 134 valence electrons. The quantitative estimate of drug-likeness (QED) is 0.750. The fourth-order valence-corrected chi connectivity index (χ4v) is 4.20. The largest absolute Gasteiger partial charge is 0.348 e. The molecule has 3 atom stereocenters. The number of ether oxygens (including phenoxy) is 2. The maximum absolute atomic E-state index is 11.6. The third kappa shape index (κ3) is 4.34. The topological polar surface area (TPSA) is 65.1 Å². The molecule has 0 unspecified atom stereocenters. The molecule has 0 N–H and O–H groups in total. The Kier molecular flexibility index (Phi) is 4.99. The molecule has 2 heterocycles. The van der Waals surface area contributed by atoms with Gasteiger partial charge < -0.3 is 9.47 Å². The highest BCUT2D eigenvalue weighted by Crippen LogP contribution is 2.34. The van der Waals surface area contributed by atoms with Gasteiger partial charge in [0.15, 0.2) is 5.79 Å². The molecular formula is C17H25NO5S. The third-order valence-electron chi connectivity index (χ3n) is 4.44. The minimum atomic E-state index is -3.52. The Hall–Kier alpha value is -0.990. The van der Waals surface area contributed by atoms with Gasteiger partial charge in [-0.2, -0.15) is 8.42 Å². The van der Waals surface area contributed by atoms with E-state index in [2.05, 4.69) is 17.0 Å². The number of hydrogen-bond donors (Lipinski definition) is 0. The number of rotatable bonds is 5. The molecule has 0 radical (unpaired) electrons. The summed E-state index contributed by atoms with van der Waals surface area (Å²) in [6, 6.07) is 9.97.